The second kappa shape index (κ2) is 19.2. The summed E-state index contributed by atoms with van der Waals surface area (Å²) >= 11 is 75.9. The zero-order valence-corrected chi connectivity index (χ0v) is 50.7. The van der Waals surface area contributed by atoms with Gasteiger partial charge in [-0.1, -0.05) is 115 Å². The number of fused-ring (bicyclic) bond motifs is 5. The van der Waals surface area contributed by atoms with Crippen molar-refractivity contribution in [3.05, 3.63) is 215 Å². The molecule has 0 aromatic heterocycles. The van der Waals surface area contributed by atoms with Crippen LogP contribution in [-0.2, 0) is 19.6 Å². The Labute approximate surface area is 512 Å². The number of hydrogen-bond acceptors (Lipinski definition) is 7. The Morgan fingerprint density at radius 3 is 1.20 bits per heavy atom. The van der Waals surface area contributed by atoms with E-state index in [1.165, 1.54) is 66.1 Å². The van der Waals surface area contributed by atoms with Gasteiger partial charge < -0.3 is 0 Å². The number of nitrogens with zero attached hydrogens (tertiary/aromatic N) is 2. The van der Waals surface area contributed by atoms with Crippen molar-refractivity contribution in [1.82, 2.24) is 4.90 Å². The van der Waals surface area contributed by atoms with Crippen LogP contribution < -0.4 is 27.1 Å². The third-order valence-electron chi connectivity index (χ3n) is 14.9. The van der Waals surface area contributed by atoms with Gasteiger partial charge in [0.2, 0.25) is 0 Å². The third-order valence-corrected chi connectivity index (χ3v) is 23.5. The molecule has 0 aliphatic carbocycles. The van der Waals surface area contributed by atoms with Gasteiger partial charge in [0, 0.05) is 48.3 Å². The summed E-state index contributed by atoms with van der Waals surface area (Å²) in [6.45, 7) is 7.48. The van der Waals surface area contributed by atoms with Crippen LogP contribution in [0.4, 0.5) is 0 Å². The van der Waals surface area contributed by atoms with Gasteiger partial charge in [-0.05, 0) is 56.8 Å². The van der Waals surface area contributed by atoms with Crippen molar-refractivity contribution < 1.29 is 31.7 Å². The molecular formula is C58H35Cl12N2O6P. The van der Waals surface area contributed by atoms with E-state index in [-0.39, 0.29) is 107 Å². The van der Waals surface area contributed by atoms with Crippen LogP contribution in [0.25, 0.3) is 32.7 Å². The molecule has 0 unspecified atom stereocenters. The van der Waals surface area contributed by atoms with Crippen molar-refractivity contribution in [3.63, 3.8) is 0 Å². The van der Waals surface area contributed by atoms with E-state index in [1.54, 1.807) is 0 Å². The fraction of sp³-hybridized carbons (Fsp3) is 0.121. The molecule has 21 heteroatoms. The summed E-state index contributed by atoms with van der Waals surface area (Å²) < 4.78 is 39.4. The van der Waals surface area contributed by atoms with Crippen LogP contribution in [0.2, 0.25) is 60.3 Å². The summed E-state index contributed by atoms with van der Waals surface area (Å²) in [6, 6.07) is 45.5. The van der Waals surface area contributed by atoms with Gasteiger partial charge in [0.05, 0.1) is 0 Å². The fourth-order valence-electron chi connectivity index (χ4n) is 11.1. The van der Waals surface area contributed by atoms with Crippen molar-refractivity contribution in [2.24, 2.45) is 0 Å². The number of rotatable bonds is 4. The maximum absolute atomic E-state index is 6.81. The Morgan fingerprint density at radius 2 is 0.747 bits per heavy atom. The van der Waals surface area contributed by atoms with Gasteiger partial charge in [0.15, 0.2) is 18.8 Å². The molecule has 0 radical (unpaired) electrons. The Bertz CT molecular complexity index is 3920. The molecular weight excluding hydrogens is 1280 g/mol. The molecule has 0 fully saturated rings. The molecule has 5 aliphatic rings. The minimum atomic E-state index is -6.81. The Kier molecular flexibility index (Phi) is 13.2. The van der Waals surface area contributed by atoms with Crippen LogP contribution in [-0.4, -0.2) is 15.7 Å². The van der Waals surface area contributed by atoms with Gasteiger partial charge in [-0.2, -0.15) is 0 Å². The standard InChI is InChI=1S/C40H35N2.C18Cl12O6P/c1-27(35-21-9-13-29-11-3-5-19-37(29)35)41-23-31-15-7-17-33-25-42(26-34-18-8-16-32(24-41)40(34)39(31)33)28(2)36-22-10-14-30-12-4-6-20-38(30)36;19-1-2(20)8(26)14-13(7(1)25)31-37(32-14,33-15-9(27)3(21)4(22)10(28)16(15)34-37)35-17-11(29)5(23)6(24)12(30)18(17)36-37/h3-23,27-28H,24-26H2,1-2H3;/q+1;-1/t27-,28-;/m0./s1. The molecule has 0 saturated carbocycles. The number of halogens is 12. The molecule has 14 rings (SSSR count). The number of benzene rings is 9. The molecule has 0 N–H and O–H groups in total. The summed E-state index contributed by atoms with van der Waals surface area (Å²) in [7, 11) is -6.81. The first-order chi connectivity index (χ1) is 37.8. The van der Waals surface area contributed by atoms with Crippen molar-refractivity contribution in [2.45, 2.75) is 45.6 Å². The van der Waals surface area contributed by atoms with E-state index in [0.29, 0.717) is 0 Å². The second-order valence-corrected chi connectivity index (χ2v) is 27.3. The van der Waals surface area contributed by atoms with Crippen molar-refractivity contribution in [3.8, 4) is 45.6 Å². The monoisotopic (exact) mass is 1310 g/mol. The molecule has 1 spiro atoms. The maximum atomic E-state index is 6.42. The van der Waals surface area contributed by atoms with Crippen LogP contribution in [0.3, 0.4) is 0 Å². The van der Waals surface area contributed by atoms with Gasteiger partial charge >= 0.3 is 268 Å². The van der Waals surface area contributed by atoms with E-state index in [9.17, 15) is 0 Å². The van der Waals surface area contributed by atoms with Crippen LogP contribution in [0.15, 0.2) is 121 Å². The molecule has 9 aromatic rings. The normalized spacial score (nSPS) is 17.9. The van der Waals surface area contributed by atoms with Crippen molar-refractivity contribution in [1.29, 1.82) is 0 Å². The topological polar surface area (TPSA) is 61.6 Å². The number of hydrogen-bond donors (Lipinski definition) is 0. The van der Waals surface area contributed by atoms with Crippen LogP contribution in [0, 0.1) is 0 Å². The van der Waals surface area contributed by atoms with E-state index < -0.39 is 7.31 Å². The molecule has 79 heavy (non-hydrogen) atoms. The predicted molar refractivity (Wildman–Crippen MR) is 325 cm³/mol. The summed E-state index contributed by atoms with van der Waals surface area (Å²) in [5, 5.41) is 2.39. The van der Waals surface area contributed by atoms with Gasteiger partial charge in [0.25, 0.3) is 0 Å². The van der Waals surface area contributed by atoms with Gasteiger partial charge in [-0.25, -0.2) is 4.58 Å². The van der Waals surface area contributed by atoms with Crippen LogP contribution in [0.5, 0.6) is 34.5 Å². The molecule has 9 aromatic carbocycles. The summed E-state index contributed by atoms with van der Waals surface area (Å²) in [5.41, 5.74) is 11.2. The first kappa shape index (κ1) is 54.1. The van der Waals surface area contributed by atoms with Gasteiger partial charge in [0.1, 0.15) is 0 Å². The van der Waals surface area contributed by atoms with E-state index in [4.69, 9.17) is 166 Å². The Hall–Kier alpha value is -4.16. The van der Waals surface area contributed by atoms with E-state index in [0.717, 1.165) is 19.6 Å². The van der Waals surface area contributed by atoms with Crippen LogP contribution in [0.1, 0.15) is 59.3 Å². The molecule has 0 saturated heterocycles. The van der Waals surface area contributed by atoms with E-state index >= 15 is 0 Å². The first-order valence-corrected chi connectivity index (χ1v) is 31.0. The molecule has 0 amide bonds. The second-order valence-electron chi connectivity index (χ2n) is 19.4. The Morgan fingerprint density at radius 1 is 0.392 bits per heavy atom. The van der Waals surface area contributed by atoms with Gasteiger partial charge in [-0.3, -0.25) is 4.90 Å². The molecule has 2 atom stereocenters. The molecule has 5 aliphatic heterocycles. The minimum absolute atomic E-state index is 0.205. The summed E-state index contributed by atoms with van der Waals surface area (Å²) in [6.07, 6.45) is 2.43. The first-order valence-electron chi connectivity index (χ1n) is 24.3. The predicted octanol–water partition coefficient (Wildman–Crippen LogP) is 22.3. The van der Waals surface area contributed by atoms with Crippen LogP contribution >= 0.6 is 147 Å². The average Bonchev–Trinajstić information content (AvgIpc) is 1.58. The molecule has 402 valence electrons. The quantitative estimate of drug-likeness (QED) is 0.0753. The van der Waals surface area contributed by atoms with E-state index in [2.05, 4.69) is 151 Å². The third kappa shape index (κ3) is 8.18. The SMILES string of the molecule is C[C@@H](c1cccc2ccccc12)N1Cc2cccc3c2-c2c(cccc2C[N+]([C@@H](C)c2cccc4ccccc24)=C3)C1.Clc1c(Cl)c(Cl)c2c(c1Cl)O[P-]13(O2)(Oc2c(Cl)c(Cl)c(Cl)c(Cl)c2O1)Oc1c(Cl)c(Cl)c(Cl)c(Cl)c1O3. The average molecular weight is 1310 g/mol. The Balaban J connectivity index is 0.000000151. The summed E-state index contributed by atoms with van der Waals surface area (Å²) in [5.74, 6) is -2.13. The van der Waals surface area contributed by atoms with Gasteiger partial charge in [-0.15, -0.1) is 0 Å². The molecule has 5 heterocycles. The van der Waals surface area contributed by atoms with Crippen molar-refractivity contribution in [2.75, 3.05) is 0 Å². The fourth-order valence-corrected chi connectivity index (χ4v) is 18.0. The molecule has 8 nitrogen and oxygen atoms in total. The molecule has 0 bridgehead atoms. The van der Waals surface area contributed by atoms with E-state index in [1.807, 2.05) is 0 Å². The zero-order chi connectivity index (χ0) is 55.3. The van der Waals surface area contributed by atoms with Crippen molar-refractivity contribution >= 4 is 174 Å². The summed E-state index contributed by atoms with van der Waals surface area (Å²) in [4.78, 5) is 2.66. The zero-order valence-electron chi connectivity index (χ0n) is 40.7.